The maximum Gasteiger partial charge on any atom is 0.336 e. The van der Waals surface area contributed by atoms with Crippen LogP contribution < -0.4 is 14.9 Å². The minimum Gasteiger partial charge on any atom is -0.460 e. The number of esters is 1. The van der Waals surface area contributed by atoms with Gasteiger partial charge in [0.1, 0.15) is 29.2 Å². The molecule has 0 aliphatic heterocycles. The molecule has 0 spiro atoms. The van der Waals surface area contributed by atoms with Crippen LogP contribution in [0.1, 0.15) is 16.7 Å². The topological polar surface area (TPSA) is 65.7 Å². The molecule has 0 unspecified atom stereocenters. The minimum atomic E-state index is -0.620. The lowest BCUT2D eigenvalue weighted by molar-refractivity contribution is -0.128. The van der Waals surface area contributed by atoms with Gasteiger partial charge in [0, 0.05) is 12.1 Å². The summed E-state index contributed by atoms with van der Waals surface area (Å²) in [7, 11) is 0. The van der Waals surface area contributed by atoms with Gasteiger partial charge < -0.3 is 13.9 Å². The fourth-order valence-electron chi connectivity index (χ4n) is 3.23. The predicted octanol–water partition coefficient (Wildman–Crippen LogP) is 5.96. The first-order chi connectivity index (χ1) is 15.4. The van der Waals surface area contributed by atoms with Gasteiger partial charge in [0.2, 0.25) is 11.2 Å². The number of halogens is 1. The summed E-state index contributed by atoms with van der Waals surface area (Å²) in [5.74, 6) is -0.143. The number of rotatable bonds is 5. The van der Waals surface area contributed by atoms with E-state index in [2.05, 4.69) is 0 Å². The minimum absolute atomic E-state index is 0.0643. The lowest BCUT2D eigenvalue weighted by Crippen LogP contribution is -2.06. The smallest absolute Gasteiger partial charge is 0.336 e. The van der Waals surface area contributed by atoms with Crippen LogP contribution >= 0.6 is 0 Å². The van der Waals surface area contributed by atoms with Crippen LogP contribution in [0.2, 0.25) is 0 Å². The van der Waals surface area contributed by atoms with Crippen molar-refractivity contribution in [1.82, 2.24) is 0 Å². The van der Waals surface area contributed by atoms with Gasteiger partial charge in [-0.1, -0.05) is 18.2 Å². The number of carbonyl (C=O) groups is 1. The molecule has 0 aliphatic rings. The number of hydrogen-bond donors (Lipinski definition) is 0. The first-order valence-corrected chi connectivity index (χ1v) is 9.84. The van der Waals surface area contributed by atoms with E-state index in [-0.39, 0.29) is 28.3 Å². The van der Waals surface area contributed by atoms with Crippen molar-refractivity contribution in [2.24, 2.45) is 0 Å². The molecule has 3 aromatic carbocycles. The summed E-state index contributed by atoms with van der Waals surface area (Å²) >= 11 is 0. The van der Waals surface area contributed by atoms with Gasteiger partial charge in [0.25, 0.3) is 0 Å². The molecule has 6 heteroatoms. The third kappa shape index (κ3) is 4.92. The molecule has 0 radical (unpaired) electrons. The fraction of sp³-hybridized carbons (Fsp3) is 0.0769. The van der Waals surface area contributed by atoms with Gasteiger partial charge in [0.15, 0.2) is 0 Å². The summed E-state index contributed by atoms with van der Waals surface area (Å²) in [6.07, 6.45) is 3.98. The highest BCUT2D eigenvalue weighted by atomic mass is 19.1. The molecular formula is C26H19FO5. The van der Waals surface area contributed by atoms with Gasteiger partial charge in [-0.05, 0) is 73.0 Å². The number of hydrogen-bond acceptors (Lipinski definition) is 5. The summed E-state index contributed by atoms with van der Waals surface area (Å²) in [6, 6.07) is 15.8. The molecular weight excluding hydrogens is 411 g/mol. The average molecular weight is 430 g/mol. The van der Waals surface area contributed by atoms with Crippen molar-refractivity contribution in [3.63, 3.8) is 0 Å². The lowest BCUT2D eigenvalue weighted by atomic mass is 10.1. The summed E-state index contributed by atoms with van der Waals surface area (Å²) in [4.78, 5) is 24.9. The van der Waals surface area contributed by atoms with Crippen LogP contribution in [0.15, 0.2) is 82.2 Å². The number of benzene rings is 3. The Morgan fingerprint density at radius 3 is 2.38 bits per heavy atom. The molecule has 0 saturated carbocycles. The van der Waals surface area contributed by atoms with Gasteiger partial charge in [0.05, 0.1) is 5.39 Å². The quantitative estimate of drug-likeness (QED) is 0.222. The monoisotopic (exact) mass is 430 g/mol. The lowest BCUT2D eigenvalue weighted by Gasteiger charge is -2.08. The molecule has 0 saturated heterocycles. The second-order valence-electron chi connectivity index (χ2n) is 7.32. The van der Waals surface area contributed by atoms with E-state index in [0.29, 0.717) is 16.7 Å². The molecule has 5 nitrogen and oxygen atoms in total. The van der Waals surface area contributed by atoms with Gasteiger partial charge in [-0.15, -0.1) is 0 Å². The molecule has 160 valence electrons. The third-order valence-electron chi connectivity index (χ3n) is 4.64. The van der Waals surface area contributed by atoms with E-state index in [0.717, 1.165) is 11.1 Å². The van der Waals surface area contributed by atoms with Gasteiger partial charge in [-0.3, -0.25) is 4.79 Å². The van der Waals surface area contributed by atoms with Crippen LogP contribution in [0.25, 0.3) is 17.0 Å². The van der Waals surface area contributed by atoms with Crippen molar-refractivity contribution in [2.75, 3.05) is 0 Å². The fourth-order valence-corrected chi connectivity index (χ4v) is 3.23. The largest absolute Gasteiger partial charge is 0.460 e. The molecule has 0 bridgehead atoms. The molecule has 0 amide bonds. The van der Waals surface area contributed by atoms with Gasteiger partial charge in [-0.25, -0.2) is 9.18 Å². The van der Waals surface area contributed by atoms with Gasteiger partial charge >= 0.3 is 5.97 Å². The standard InChI is InChI=1S/C26H19FO5/c1-16-11-17(2)13-21(12-16)31-24-15-30-23-14-20(8-9-22(23)26(24)29)32-25(28)10-5-18-3-6-19(27)7-4-18/h3-15H,1-2H3. The Hall–Kier alpha value is -4.19. The molecule has 0 atom stereocenters. The van der Waals surface area contributed by atoms with E-state index in [4.69, 9.17) is 13.9 Å². The zero-order valence-corrected chi connectivity index (χ0v) is 17.4. The van der Waals surface area contributed by atoms with Crippen LogP contribution in [-0.2, 0) is 4.79 Å². The Morgan fingerprint density at radius 1 is 0.938 bits per heavy atom. The summed E-state index contributed by atoms with van der Waals surface area (Å²) in [5.41, 5.74) is 2.62. The van der Waals surface area contributed by atoms with Crippen LogP contribution in [-0.4, -0.2) is 5.97 Å². The summed E-state index contributed by atoms with van der Waals surface area (Å²) < 4.78 is 29.5. The van der Waals surface area contributed by atoms with Crippen LogP contribution in [0.4, 0.5) is 4.39 Å². The summed E-state index contributed by atoms with van der Waals surface area (Å²) in [6.45, 7) is 3.89. The maximum absolute atomic E-state index is 12.9. The SMILES string of the molecule is Cc1cc(C)cc(Oc2coc3cc(OC(=O)C=Cc4ccc(F)cc4)ccc3c2=O)c1. The van der Waals surface area contributed by atoms with Crippen molar-refractivity contribution in [3.05, 3.63) is 106 Å². The Morgan fingerprint density at radius 2 is 1.66 bits per heavy atom. The van der Waals surface area contributed by atoms with Gasteiger partial charge in [-0.2, -0.15) is 0 Å². The Labute approximate surface area is 183 Å². The molecule has 4 aromatic rings. The van der Waals surface area contributed by atoms with Crippen LogP contribution in [0.5, 0.6) is 17.2 Å². The summed E-state index contributed by atoms with van der Waals surface area (Å²) in [5, 5.41) is 0.300. The van der Waals surface area contributed by atoms with E-state index >= 15 is 0 Å². The van der Waals surface area contributed by atoms with E-state index < -0.39 is 5.97 Å². The molecule has 1 heterocycles. The van der Waals surface area contributed by atoms with Crippen molar-refractivity contribution in [1.29, 1.82) is 0 Å². The van der Waals surface area contributed by atoms with E-state index in [9.17, 15) is 14.0 Å². The van der Waals surface area contributed by atoms with Crippen LogP contribution in [0.3, 0.4) is 0 Å². The first kappa shape index (κ1) is 21.1. The van der Waals surface area contributed by atoms with Crippen molar-refractivity contribution < 1.29 is 23.1 Å². The average Bonchev–Trinajstić information content (AvgIpc) is 2.75. The molecule has 32 heavy (non-hydrogen) atoms. The highest BCUT2D eigenvalue weighted by Gasteiger charge is 2.12. The van der Waals surface area contributed by atoms with Crippen molar-refractivity contribution >= 4 is 23.0 Å². The number of ether oxygens (including phenoxy) is 2. The Balaban J connectivity index is 1.52. The van der Waals surface area contributed by atoms with E-state index in [1.54, 1.807) is 12.1 Å². The third-order valence-corrected chi connectivity index (χ3v) is 4.64. The number of aryl methyl sites for hydroxylation is 2. The van der Waals surface area contributed by atoms with Crippen molar-refractivity contribution in [3.8, 4) is 17.2 Å². The van der Waals surface area contributed by atoms with Crippen molar-refractivity contribution in [2.45, 2.75) is 13.8 Å². The molecule has 0 N–H and O–H groups in total. The highest BCUT2D eigenvalue weighted by molar-refractivity contribution is 5.89. The molecule has 0 aliphatic carbocycles. The zero-order valence-electron chi connectivity index (χ0n) is 17.4. The second-order valence-corrected chi connectivity index (χ2v) is 7.32. The predicted molar refractivity (Wildman–Crippen MR) is 120 cm³/mol. The maximum atomic E-state index is 12.9. The zero-order chi connectivity index (χ0) is 22.7. The molecule has 4 rings (SSSR count). The highest BCUT2D eigenvalue weighted by Crippen LogP contribution is 2.25. The first-order valence-electron chi connectivity index (χ1n) is 9.84. The normalized spacial score (nSPS) is 11.1. The molecule has 1 aromatic heterocycles. The van der Waals surface area contributed by atoms with Crippen LogP contribution in [0, 0.1) is 19.7 Å². The Kier molecular flexibility index (Phi) is 5.85. The number of fused-ring (bicyclic) bond motifs is 1. The number of carbonyl (C=O) groups excluding carboxylic acids is 1. The Bertz CT molecular complexity index is 1360. The van der Waals surface area contributed by atoms with E-state index in [1.807, 2.05) is 32.0 Å². The van der Waals surface area contributed by atoms with E-state index in [1.165, 1.54) is 48.7 Å². The molecule has 0 fully saturated rings. The second kappa shape index (κ2) is 8.89.